The summed E-state index contributed by atoms with van der Waals surface area (Å²) in [5.74, 6) is 0.355. The zero-order valence-corrected chi connectivity index (χ0v) is 10.3. The van der Waals surface area contributed by atoms with Crippen molar-refractivity contribution in [1.29, 1.82) is 0 Å². The molecule has 0 aliphatic heterocycles. The lowest BCUT2D eigenvalue weighted by atomic mass is 10.0. The van der Waals surface area contributed by atoms with Gasteiger partial charge in [-0.1, -0.05) is 18.2 Å². The molecule has 3 heteroatoms. The molecular formula is C14H16O3. The number of hydrogen-bond donors (Lipinski definition) is 0. The standard InChI is InChI=1S/C14H16O3/c1-4-13(10(2)15)14(16)9-11-6-5-7-12(8-11)17-3/h4-8H,9H2,1-3H3. The maximum atomic E-state index is 11.9. The summed E-state index contributed by atoms with van der Waals surface area (Å²) in [5, 5.41) is 0. The van der Waals surface area contributed by atoms with Gasteiger partial charge in [-0.05, 0) is 31.5 Å². The van der Waals surface area contributed by atoms with Gasteiger partial charge in [-0.15, -0.1) is 0 Å². The summed E-state index contributed by atoms with van der Waals surface area (Å²) in [4.78, 5) is 23.1. The topological polar surface area (TPSA) is 43.4 Å². The lowest BCUT2D eigenvalue weighted by Gasteiger charge is -2.05. The van der Waals surface area contributed by atoms with Crippen molar-refractivity contribution in [2.75, 3.05) is 7.11 Å². The molecule has 0 radical (unpaired) electrons. The van der Waals surface area contributed by atoms with Crippen LogP contribution < -0.4 is 4.74 Å². The second-order valence-electron chi connectivity index (χ2n) is 3.71. The van der Waals surface area contributed by atoms with E-state index >= 15 is 0 Å². The zero-order chi connectivity index (χ0) is 12.8. The highest BCUT2D eigenvalue weighted by atomic mass is 16.5. The van der Waals surface area contributed by atoms with Gasteiger partial charge in [0.05, 0.1) is 12.7 Å². The van der Waals surface area contributed by atoms with Gasteiger partial charge in [0.15, 0.2) is 11.6 Å². The summed E-state index contributed by atoms with van der Waals surface area (Å²) in [7, 11) is 1.58. The van der Waals surface area contributed by atoms with Crippen LogP contribution in [-0.2, 0) is 16.0 Å². The van der Waals surface area contributed by atoms with Crippen LogP contribution in [0.25, 0.3) is 0 Å². The van der Waals surface area contributed by atoms with Crippen molar-refractivity contribution in [3.05, 3.63) is 41.5 Å². The third-order valence-corrected chi connectivity index (χ3v) is 2.47. The van der Waals surface area contributed by atoms with Crippen molar-refractivity contribution < 1.29 is 14.3 Å². The molecule has 3 nitrogen and oxygen atoms in total. The molecule has 0 N–H and O–H groups in total. The van der Waals surface area contributed by atoms with E-state index in [2.05, 4.69) is 0 Å². The van der Waals surface area contributed by atoms with E-state index in [1.807, 2.05) is 18.2 Å². The van der Waals surface area contributed by atoms with Crippen molar-refractivity contribution in [1.82, 2.24) is 0 Å². The second kappa shape index (κ2) is 5.99. The highest BCUT2D eigenvalue weighted by molar-refractivity contribution is 6.19. The van der Waals surface area contributed by atoms with E-state index in [1.54, 1.807) is 26.2 Å². The number of allylic oxidation sites excluding steroid dienone is 2. The van der Waals surface area contributed by atoms with E-state index in [-0.39, 0.29) is 23.6 Å². The maximum Gasteiger partial charge on any atom is 0.170 e. The van der Waals surface area contributed by atoms with Crippen LogP contribution in [0.3, 0.4) is 0 Å². The highest BCUT2D eigenvalue weighted by Crippen LogP contribution is 2.14. The van der Waals surface area contributed by atoms with Gasteiger partial charge in [0.1, 0.15) is 5.75 Å². The molecule has 0 spiro atoms. The zero-order valence-electron chi connectivity index (χ0n) is 10.3. The van der Waals surface area contributed by atoms with E-state index in [9.17, 15) is 9.59 Å². The van der Waals surface area contributed by atoms with Crippen LogP contribution in [-0.4, -0.2) is 18.7 Å². The average molecular weight is 232 g/mol. The van der Waals surface area contributed by atoms with Crippen LogP contribution in [0.4, 0.5) is 0 Å². The fraction of sp³-hybridized carbons (Fsp3) is 0.286. The van der Waals surface area contributed by atoms with Crippen LogP contribution >= 0.6 is 0 Å². The summed E-state index contributed by atoms with van der Waals surface area (Å²) in [6.45, 7) is 3.10. The van der Waals surface area contributed by atoms with Crippen LogP contribution in [0.5, 0.6) is 5.75 Å². The first-order valence-corrected chi connectivity index (χ1v) is 5.42. The van der Waals surface area contributed by atoms with Gasteiger partial charge >= 0.3 is 0 Å². The van der Waals surface area contributed by atoms with Crippen LogP contribution in [0, 0.1) is 0 Å². The van der Waals surface area contributed by atoms with Gasteiger partial charge in [-0.25, -0.2) is 0 Å². The number of benzene rings is 1. The minimum Gasteiger partial charge on any atom is -0.497 e. The Morgan fingerprint density at radius 1 is 1.35 bits per heavy atom. The van der Waals surface area contributed by atoms with Gasteiger partial charge < -0.3 is 4.74 Å². The molecule has 17 heavy (non-hydrogen) atoms. The molecule has 0 saturated heterocycles. The lowest BCUT2D eigenvalue weighted by molar-refractivity contribution is -0.120. The van der Waals surface area contributed by atoms with Gasteiger partial charge in [0.25, 0.3) is 0 Å². The number of ether oxygens (including phenoxy) is 1. The summed E-state index contributed by atoms with van der Waals surface area (Å²) in [6, 6.07) is 7.28. The minimum absolute atomic E-state index is 0.159. The number of ketones is 2. The Morgan fingerprint density at radius 3 is 2.59 bits per heavy atom. The Hall–Kier alpha value is -1.90. The number of methoxy groups -OCH3 is 1. The predicted octanol–water partition coefficient (Wildman–Crippen LogP) is 2.34. The Balaban J connectivity index is 2.84. The molecule has 90 valence electrons. The molecule has 0 amide bonds. The number of hydrogen-bond acceptors (Lipinski definition) is 3. The summed E-state index contributed by atoms with van der Waals surface area (Å²) in [6.07, 6.45) is 1.78. The molecule has 0 bridgehead atoms. The number of carbonyl (C=O) groups is 2. The Kier molecular flexibility index (Phi) is 4.64. The van der Waals surface area contributed by atoms with Gasteiger partial charge in [-0.3, -0.25) is 9.59 Å². The van der Waals surface area contributed by atoms with E-state index in [1.165, 1.54) is 6.92 Å². The smallest absolute Gasteiger partial charge is 0.170 e. The van der Waals surface area contributed by atoms with E-state index in [4.69, 9.17) is 4.74 Å². The average Bonchev–Trinajstić information content (AvgIpc) is 2.29. The molecule has 0 unspecified atom stereocenters. The Labute approximate surface area is 101 Å². The second-order valence-corrected chi connectivity index (χ2v) is 3.71. The summed E-state index contributed by atoms with van der Waals surface area (Å²) in [5.41, 5.74) is 1.10. The molecule has 1 rings (SSSR count). The summed E-state index contributed by atoms with van der Waals surface area (Å²) < 4.78 is 5.08. The molecule has 0 saturated carbocycles. The molecular weight excluding hydrogens is 216 g/mol. The van der Waals surface area contributed by atoms with Crippen molar-refractivity contribution in [3.63, 3.8) is 0 Å². The number of carbonyl (C=O) groups excluding carboxylic acids is 2. The van der Waals surface area contributed by atoms with E-state index < -0.39 is 0 Å². The molecule has 0 fully saturated rings. The largest absolute Gasteiger partial charge is 0.497 e. The summed E-state index contributed by atoms with van der Waals surface area (Å²) >= 11 is 0. The van der Waals surface area contributed by atoms with Crippen molar-refractivity contribution in [2.45, 2.75) is 20.3 Å². The monoisotopic (exact) mass is 232 g/mol. The lowest BCUT2D eigenvalue weighted by Crippen LogP contribution is -2.12. The fourth-order valence-corrected chi connectivity index (χ4v) is 1.62. The number of Topliss-reactive ketones (excluding diaryl/α,β-unsaturated/α-hetero) is 2. The molecule has 0 heterocycles. The third-order valence-electron chi connectivity index (χ3n) is 2.47. The van der Waals surface area contributed by atoms with E-state index in [0.717, 1.165) is 5.56 Å². The number of rotatable bonds is 5. The van der Waals surface area contributed by atoms with Crippen LogP contribution in [0.1, 0.15) is 19.4 Å². The van der Waals surface area contributed by atoms with Crippen molar-refractivity contribution >= 4 is 11.6 Å². The first kappa shape index (κ1) is 13.2. The first-order valence-electron chi connectivity index (χ1n) is 5.42. The highest BCUT2D eigenvalue weighted by Gasteiger charge is 2.13. The molecule has 1 aromatic rings. The van der Waals surface area contributed by atoms with Crippen molar-refractivity contribution in [2.24, 2.45) is 0 Å². The fourth-order valence-electron chi connectivity index (χ4n) is 1.62. The quantitative estimate of drug-likeness (QED) is 0.444. The van der Waals surface area contributed by atoms with Crippen molar-refractivity contribution in [3.8, 4) is 5.75 Å². The molecule has 0 aromatic heterocycles. The molecule has 0 atom stereocenters. The van der Waals surface area contributed by atoms with Gasteiger partial charge in [0, 0.05) is 6.42 Å². The SMILES string of the molecule is CC=C(C(C)=O)C(=O)Cc1cccc(OC)c1. The predicted molar refractivity (Wildman–Crippen MR) is 66.1 cm³/mol. The normalized spacial score (nSPS) is 11.1. The van der Waals surface area contributed by atoms with E-state index in [0.29, 0.717) is 5.75 Å². The van der Waals surface area contributed by atoms with Crippen LogP contribution in [0.15, 0.2) is 35.9 Å². The van der Waals surface area contributed by atoms with Crippen LogP contribution in [0.2, 0.25) is 0 Å². The molecule has 1 aromatic carbocycles. The minimum atomic E-state index is -0.194. The van der Waals surface area contributed by atoms with Gasteiger partial charge in [0.2, 0.25) is 0 Å². The maximum absolute atomic E-state index is 11.9. The Morgan fingerprint density at radius 2 is 2.06 bits per heavy atom. The molecule has 0 aliphatic rings. The van der Waals surface area contributed by atoms with Gasteiger partial charge in [-0.2, -0.15) is 0 Å². The first-order chi connectivity index (χ1) is 8.08. The third kappa shape index (κ3) is 3.55. The Bertz CT molecular complexity index is 458. The molecule has 0 aliphatic carbocycles.